The van der Waals surface area contributed by atoms with Crippen molar-refractivity contribution in [3.8, 4) is 5.75 Å². The van der Waals surface area contributed by atoms with Gasteiger partial charge >= 0.3 is 0 Å². The second kappa shape index (κ2) is 12.9. The third kappa shape index (κ3) is 7.91. The summed E-state index contributed by atoms with van der Waals surface area (Å²) in [4.78, 5) is 16.7. The highest BCUT2D eigenvalue weighted by atomic mass is 35.5. The highest BCUT2D eigenvalue weighted by Crippen LogP contribution is 2.16. The van der Waals surface area contributed by atoms with Crippen LogP contribution in [-0.4, -0.2) is 23.5 Å². The van der Waals surface area contributed by atoms with Crippen LogP contribution < -0.4 is 15.8 Å². The maximum absolute atomic E-state index is 12.4. The molecule has 2 rings (SSSR count). The van der Waals surface area contributed by atoms with E-state index < -0.39 is 0 Å². The molecule has 0 spiro atoms. The molecule has 0 aliphatic carbocycles. The molecule has 1 atom stereocenters. The Labute approximate surface area is 171 Å². The average Bonchev–Trinajstić information content (AvgIpc) is 3.02. The van der Waals surface area contributed by atoms with E-state index in [4.69, 9.17) is 10.5 Å². The topological polar surface area (TPSA) is 77.2 Å². The Kier molecular flexibility index (Phi) is 12.3. The summed E-state index contributed by atoms with van der Waals surface area (Å²) >= 11 is 1.60. The maximum Gasteiger partial charge on any atom is 0.251 e. The molecule has 0 aliphatic heterocycles. The average molecular weight is 420 g/mol. The molecule has 1 aromatic carbocycles. The van der Waals surface area contributed by atoms with E-state index in [9.17, 15) is 4.79 Å². The van der Waals surface area contributed by atoms with Crippen molar-refractivity contribution < 1.29 is 9.53 Å². The molecule has 1 unspecified atom stereocenters. The third-order valence-electron chi connectivity index (χ3n) is 3.68. The van der Waals surface area contributed by atoms with Gasteiger partial charge in [0.15, 0.2) is 0 Å². The van der Waals surface area contributed by atoms with E-state index >= 15 is 0 Å². The zero-order valence-electron chi connectivity index (χ0n) is 15.1. The van der Waals surface area contributed by atoms with E-state index in [-0.39, 0.29) is 36.8 Å². The summed E-state index contributed by atoms with van der Waals surface area (Å²) in [5.74, 6) is 0.544. The molecule has 2 aromatic rings. The number of hydrogen-bond donors (Lipinski definition) is 2. The van der Waals surface area contributed by atoms with Crippen molar-refractivity contribution in [1.82, 2.24) is 10.3 Å². The van der Waals surface area contributed by atoms with E-state index in [0.717, 1.165) is 30.0 Å². The van der Waals surface area contributed by atoms with Crippen molar-refractivity contribution in [2.45, 2.75) is 45.8 Å². The number of carbonyl (C=O) groups excluding carboxylic acids is 1. The van der Waals surface area contributed by atoms with E-state index in [1.807, 2.05) is 24.4 Å². The number of nitrogens with one attached hydrogen (secondary N) is 1. The van der Waals surface area contributed by atoms with Crippen LogP contribution in [0.1, 0.15) is 47.2 Å². The van der Waals surface area contributed by atoms with Gasteiger partial charge in [0.2, 0.25) is 0 Å². The summed E-state index contributed by atoms with van der Waals surface area (Å²) in [5, 5.41) is 5.99. The Morgan fingerprint density at radius 2 is 2.15 bits per heavy atom. The minimum absolute atomic E-state index is 0. The normalized spacial score (nSPS) is 11.0. The van der Waals surface area contributed by atoms with Crippen molar-refractivity contribution in [2.75, 3.05) is 6.54 Å². The fourth-order valence-electron chi connectivity index (χ4n) is 2.33. The molecular weight excluding hydrogens is 393 g/mol. The quantitative estimate of drug-likeness (QED) is 0.640. The molecule has 0 saturated heterocycles. The smallest absolute Gasteiger partial charge is 0.251 e. The molecule has 0 aliphatic rings. The second-order valence-corrected chi connectivity index (χ2v) is 6.78. The van der Waals surface area contributed by atoms with Crippen LogP contribution in [0, 0.1) is 6.92 Å². The van der Waals surface area contributed by atoms with Gasteiger partial charge in [0.05, 0.1) is 10.7 Å². The van der Waals surface area contributed by atoms with Crippen LogP contribution >= 0.6 is 36.2 Å². The van der Waals surface area contributed by atoms with Crippen LogP contribution in [0.15, 0.2) is 29.6 Å². The molecule has 0 fully saturated rings. The Bertz CT molecular complexity index is 667. The lowest BCUT2D eigenvalue weighted by atomic mass is 10.1. The number of hydrogen-bond acceptors (Lipinski definition) is 5. The summed E-state index contributed by atoms with van der Waals surface area (Å²) in [6.07, 6.45) is 3.04. The van der Waals surface area contributed by atoms with Crippen molar-refractivity contribution in [2.24, 2.45) is 5.73 Å². The SMILES string of the molecule is CCCCC(CN)NC(=O)c1cccc(OCc2csc(C)n2)c1.Cl.Cl. The molecule has 1 aromatic heterocycles. The van der Waals surface area contributed by atoms with Crippen LogP contribution in [0.25, 0.3) is 0 Å². The lowest BCUT2D eigenvalue weighted by Gasteiger charge is -2.16. The van der Waals surface area contributed by atoms with Gasteiger partial charge in [-0.2, -0.15) is 0 Å². The first-order valence-corrected chi connectivity index (χ1v) is 9.15. The number of aromatic nitrogens is 1. The summed E-state index contributed by atoms with van der Waals surface area (Å²) in [5.41, 5.74) is 7.22. The Hall–Kier alpha value is -1.34. The lowest BCUT2D eigenvalue weighted by molar-refractivity contribution is 0.0935. The molecule has 1 amide bonds. The third-order valence-corrected chi connectivity index (χ3v) is 4.50. The minimum atomic E-state index is -0.114. The van der Waals surface area contributed by atoms with Crippen molar-refractivity contribution >= 4 is 42.1 Å². The number of nitrogens with two attached hydrogens (primary N) is 1. The van der Waals surface area contributed by atoms with Crippen LogP contribution in [0.5, 0.6) is 5.75 Å². The van der Waals surface area contributed by atoms with Crippen molar-refractivity contribution in [3.05, 3.63) is 45.9 Å². The maximum atomic E-state index is 12.4. The Morgan fingerprint density at radius 3 is 2.77 bits per heavy atom. The molecule has 8 heteroatoms. The number of ether oxygens (including phenoxy) is 1. The van der Waals surface area contributed by atoms with E-state index in [0.29, 0.717) is 24.5 Å². The first-order valence-electron chi connectivity index (χ1n) is 8.27. The molecule has 26 heavy (non-hydrogen) atoms. The highest BCUT2D eigenvalue weighted by Gasteiger charge is 2.12. The zero-order valence-corrected chi connectivity index (χ0v) is 17.5. The first-order chi connectivity index (χ1) is 11.6. The van der Waals surface area contributed by atoms with Crippen LogP contribution in [-0.2, 0) is 6.61 Å². The summed E-state index contributed by atoms with van der Waals surface area (Å²) < 4.78 is 5.73. The standard InChI is InChI=1S/C18H25N3O2S.2ClH/c1-3-4-7-15(10-19)21-18(22)14-6-5-8-17(9-14)23-11-16-12-24-13(2)20-16;;/h5-6,8-9,12,15H,3-4,7,10-11,19H2,1-2H3,(H,21,22);2*1H. The van der Waals surface area contributed by atoms with Gasteiger partial charge in [0, 0.05) is 23.5 Å². The van der Waals surface area contributed by atoms with E-state index in [1.54, 1.807) is 23.5 Å². The number of halogens is 2. The molecular formula is C18H27Cl2N3O2S. The number of benzene rings is 1. The molecule has 0 bridgehead atoms. The number of nitrogens with zero attached hydrogens (tertiary/aromatic N) is 1. The fourth-order valence-corrected chi connectivity index (χ4v) is 2.92. The van der Waals surface area contributed by atoms with E-state index in [1.165, 1.54) is 0 Å². The van der Waals surface area contributed by atoms with Gasteiger partial charge in [0.25, 0.3) is 5.91 Å². The predicted octanol–water partition coefficient (Wildman–Crippen LogP) is 4.12. The summed E-state index contributed by atoms with van der Waals surface area (Å²) in [7, 11) is 0. The Balaban J connectivity index is 0.00000312. The first kappa shape index (κ1) is 24.7. The van der Waals surface area contributed by atoms with Crippen LogP contribution in [0.2, 0.25) is 0 Å². The van der Waals surface area contributed by atoms with Gasteiger partial charge in [-0.05, 0) is 31.5 Å². The summed E-state index contributed by atoms with van der Waals surface area (Å²) in [6.45, 7) is 4.94. The number of rotatable bonds is 9. The lowest BCUT2D eigenvalue weighted by Crippen LogP contribution is -2.40. The minimum Gasteiger partial charge on any atom is -0.487 e. The van der Waals surface area contributed by atoms with Gasteiger partial charge in [-0.1, -0.05) is 25.8 Å². The monoisotopic (exact) mass is 419 g/mol. The zero-order chi connectivity index (χ0) is 17.4. The highest BCUT2D eigenvalue weighted by molar-refractivity contribution is 7.09. The number of carbonyl (C=O) groups is 1. The van der Waals surface area contributed by atoms with Crippen LogP contribution in [0.3, 0.4) is 0 Å². The molecule has 1 heterocycles. The molecule has 5 nitrogen and oxygen atoms in total. The van der Waals surface area contributed by atoms with Gasteiger partial charge < -0.3 is 15.8 Å². The van der Waals surface area contributed by atoms with Gasteiger partial charge in [0.1, 0.15) is 12.4 Å². The number of thiazole rings is 1. The molecule has 0 saturated carbocycles. The molecule has 0 radical (unpaired) electrons. The second-order valence-electron chi connectivity index (χ2n) is 5.72. The number of aryl methyl sites for hydroxylation is 1. The van der Waals surface area contributed by atoms with Crippen molar-refractivity contribution in [1.29, 1.82) is 0 Å². The molecule has 3 N–H and O–H groups in total. The predicted molar refractivity (Wildman–Crippen MR) is 112 cm³/mol. The number of amides is 1. The van der Waals surface area contributed by atoms with Crippen molar-refractivity contribution in [3.63, 3.8) is 0 Å². The molecule has 146 valence electrons. The van der Waals surface area contributed by atoms with Crippen LogP contribution in [0.4, 0.5) is 0 Å². The van der Waals surface area contributed by atoms with Gasteiger partial charge in [-0.25, -0.2) is 4.98 Å². The number of unbranched alkanes of at least 4 members (excludes halogenated alkanes) is 1. The van der Waals surface area contributed by atoms with Gasteiger partial charge in [-0.3, -0.25) is 4.79 Å². The largest absolute Gasteiger partial charge is 0.487 e. The summed E-state index contributed by atoms with van der Waals surface area (Å²) in [6, 6.07) is 7.21. The fraction of sp³-hybridized carbons (Fsp3) is 0.444. The van der Waals surface area contributed by atoms with E-state index in [2.05, 4.69) is 17.2 Å². The van der Waals surface area contributed by atoms with Gasteiger partial charge in [-0.15, -0.1) is 36.2 Å². The Morgan fingerprint density at radius 1 is 1.38 bits per heavy atom.